The summed E-state index contributed by atoms with van der Waals surface area (Å²) in [5.41, 5.74) is 7.04. The third-order valence-corrected chi connectivity index (χ3v) is 7.50. The number of hydrogen-bond donors (Lipinski definition) is 6. The zero-order valence-corrected chi connectivity index (χ0v) is 22.9. The number of aromatic carboxylic acids is 1. The standard InChI is InChI=1S/C28H22N8O6S/c29-20-21(23(38)22(20)37)31-15-3-1-2-12(8-15)11-30-25(40)19-10-18(33-27-34-35-28(43)36(19)27)24(39)32-17-7-5-13-9-14(26(41)42)4-6-16(13)17/h1-4,6,8-10,17,31H,5,7,11,29H2,(H,30,40)(H,32,39)(H,35,43)(H,41,42)/t17-/m0/s1. The van der Waals surface area contributed by atoms with E-state index >= 15 is 0 Å². The van der Waals surface area contributed by atoms with E-state index in [-0.39, 0.29) is 51.5 Å². The molecule has 2 heterocycles. The number of hydrogen-bond acceptors (Lipinski definition) is 10. The fraction of sp³-hybridized carbons (Fsp3) is 0.143. The number of nitrogens with two attached hydrogens (primary N) is 1. The maximum Gasteiger partial charge on any atom is 0.335 e. The topological polar surface area (TPSA) is 214 Å². The number of H-pyrrole nitrogens is 1. The number of anilines is 3. The Morgan fingerprint density at radius 1 is 1.09 bits per heavy atom. The highest BCUT2D eigenvalue weighted by molar-refractivity contribution is 7.71. The van der Waals surface area contributed by atoms with Crippen LogP contribution in [0.3, 0.4) is 0 Å². The summed E-state index contributed by atoms with van der Waals surface area (Å²) < 4.78 is 1.42. The van der Waals surface area contributed by atoms with Crippen LogP contribution in [0, 0.1) is 4.77 Å². The molecule has 0 aliphatic heterocycles. The maximum absolute atomic E-state index is 13.3. The highest BCUT2D eigenvalue weighted by atomic mass is 32.1. The molecule has 0 saturated carbocycles. The lowest BCUT2D eigenvalue weighted by Crippen LogP contribution is -2.36. The maximum atomic E-state index is 13.3. The number of carbonyl (C=O) groups is 3. The summed E-state index contributed by atoms with van der Waals surface area (Å²) in [7, 11) is 0. The summed E-state index contributed by atoms with van der Waals surface area (Å²) in [6.07, 6.45) is 1.18. The molecule has 1 atom stereocenters. The number of aromatic amines is 1. The number of aromatic nitrogens is 4. The average Bonchev–Trinajstić information content (AvgIpc) is 3.60. The predicted octanol–water partition coefficient (Wildman–Crippen LogP) is 1.75. The van der Waals surface area contributed by atoms with Crippen LogP contribution in [-0.4, -0.2) is 42.5 Å². The van der Waals surface area contributed by atoms with E-state index in [4.69, 9.17) is 18.0 Å². The van der Waals surface area contributed by atoms with Gasteiger partial charge in [0.1, 0.15) is 22.8 Å². The van der Waals surface area contributed by atoms with Crippen molar-refractivity contribution < 1.29 is 19.5 Å². The number of nitrogens with zero attached hydrogens (tertiary/aromatic N) is 3. The molecule has 5 aromatic rings. The molecule has 1 aliphatic carbocycles. The van der Waals surface area contributed by atoms with Crippen molar-refractivity contribution in [1.29, 1.82) is 0 Å². The summed E-state index contributed by atoms with van der Waals surface area (Å²) in [6, 6.07) is 12.6. The number of amides is 2. The monoisotopic (exact) mass is 598 g/mol. The third-order valence-electron chi connectivity index (χ3n) is 7.22. The molecule has 43 heavy (non-hydrogen) atoms. The van der Waals surface area contributed by atoms with Crippen molar-refractivity contribution in [3.05, 3.63) is 107 Å². The molecule has 0 radical (unpaired) electrons. The fourth-order valence-electron chi connectivity index (χ4n) is 5.04. The summed E-state index contributed by atoms with van der Waals surface area (Å²) in [4.78, 5) is 65.3. The molecule has 2 amide bonds. The summed E-state index contributed by atoms with van der Waals surface area (Å²) >= 11 is 5.28. The number of rotatable bonds is 8. The van der Waals surface area contributed by atoms with E-state index in [2.05, 4.69) is 31.1 Å². The van der Waals surface area contributed by atoms with Crippen molar-refractivity contribution >= 4 is 52.8 Å². The van der Waals surface area contributed by atoms with Crippen LogP contribution >= 0.6 is 12.2 Å². The van der Waals surface area contributed by atoms with E-state index < -0.39 is 28.6 Å². The van der Waals surface area contributed by atoms with Crippen LogP contribution in [0.2, 0.25) is 0 Å². The summed E-state index contributed by atoms with van der Waals surface area (Å²) in [5.74, 6) is -2.10. The molecule has 7 N–H and O–H groups in total. The van der Waals surface area contributed by atoms with E-state index in [1.54, 1.807) is 36.4 Å². The number of nitrogens with one attached hydrogen (secondary N) is 4. The van der Waals surface area contributed by atoms with Gasteiger partial charge in [-0.1, -0.05) is 18.2 Å². The minimum atomic E-state index is -1.02. The molecule has 0 bridgehead atoms. The number of carbonyl (C=O) groups excluding carboxylic acids is 2. The largest absolute Gasteiger partial charge is 0.478 e. The predicted molar refractivity (Wildman–Crippen MR) is 157 cm³/mol. The van der Waals surface area contributed by atoms with Gasteiger partial charge < -0.3 is 26.8 Å². The van der Waals surface area contributed by atoms with Crippen molar-refractivity contribution in [3.63, 3.8) is 0 Å². The molecule has 0 saturated heterocycles. The number of carboxylic acids is 1. The lowest BCUT2D eigenvalue weighted by molar-refractivity contribution is 0.0696. The Morgan fingerprint density at radius 2 is 1.91 bits per heavy atom. The Kier molecular flexibility index (Phi) is 6.78. The number of fused-ring (bicyclic) bond motifs is 2. The van der Waals surface area contributed by atoms with E-state index in [1.807, 2.05) is 0 Å². The number of aryl methyl sites for hydroxylation is 1. The lowest BCUT2D eigenvalue weighted by atomic mass is 10.0. The minimum absolute atomic E-state index is 0.0246. The number of benzene rings is 2. The van der Waals surface area contributed by atoms with Gasteiger partial charge in [0.25, 0.3) is 28.4 Å². The first-order valence-corrected chi connectivity index (χ1v) is 13.4. The molecular formula is C28H22N8O6S. The summed E-state index contributed by atoms with van der Waals surface area (Å²) in [6.45, 7) is 0.0729. The van der Waals surface area contributed by atoms with Gasteiger partial charge >= 0.3 is 5.97 Å². The normalized spacial score (nSPS) is 14.0. The van der Waals surface area contributed by atoms with Crippen LogP contribution in [0.4, 0.5) is 17.1 Å². The van der Waals surface area contributed by atoms with Crippen molar-refractivity contribution in [2.75, 3.05) is 11.1 Å². The lowest BCUT2D eigenvalue weighted by Gasteiger charge is -2.15. The SMILES string of the molecule is Nc1c(Nc2cccc(CNC(=O)c3cc(C(=O)N[C@H]4CCc5cc(C(=O)O)ccc54)nc4n[nH]c(=S)n34)c2)c(=O)c1=O. The zero-order valence-electron chi connectivity index (χ0n) is 22.1. The highest BCUT2D eigenvalue weighted by Crippen LogP contribution is 2.32. The van der Waals surface area contributed by atoms with E-state index in [0.29, 0.717) is 24.1 Å². The Bertz CT molecular complexity index is 2110. The van der Waals surface area contributed by atoms with Crippen molar-refractivity contribution in [2.24, 2.45) is 0 Å². The molecular weight excluding hydrogens is 576 g/mol. The van der Waals surface area contributed by atoms with Crippen LogP contribution in [0.5, 0.6) is 0 Å². The molecule has 1 aliphatic rings. The van der Waals surface area contributed by atoms with Gasteiger partial charge in [-0.3, -0.25) is 19.2 Å². The van der Waals surface area contributed by atoms with Crippen molar-refractivity contribution in [3.8, 4) is 0 Å². The second kappa shape index (κ2) is 10.6. The van der Waals surface area contributed by atoms with Gasteiger partial charge in [0.05, 0.1) is 11.6 Å². The first-order valence-electron chi connectivity index (χ1n) is 13.0. The molecule has 0 spiro atoms. The second-order valence-electron chi connectivity index (χ2n) is 9.93. The molecule has 14 nitrogen and oxygen atoms in total. The van der Waals surface area contributed by atoms with Gasteiger partial charge in [-0.25, -0.2) is 19.3 Å². The van der Waals surface area contributed by atoms with E-state index in [0.717, 1.165) is 11.1 Å². The first kappa shape index (κ1) is 27.5. The first-order chi connectivity index (χ1) is 20.6. The van der Waals surface area contributed by atoms with E-state index in [1.165, 1.54) is 16.5 Å². The molecule has 6 rings (SSSR count). The fourth-order valence-corrected chi connectivity index (χ4v) is 5.27. The quantitative estimate of drug-likeness (QED) is 0.112. The molecule has 0 unspecified atom stereocenters. The smallest absolute Gasteiger partial charge is 0.335 e. The molecule has 3 aromatic carbocycles. The van der Waals surface area contributed by atoms with E-state index in [9.17, 15) is 29.1 Å². The molecule has 2 aromatic heterocycles. The Balaban J connectivity index is 1.20. The van der Waals surface area contributed by atoms with Gasteiger partial charge in [-0.2, -0.15) is 0 Å². The van der Waals surface area contributed by atoms with Crippen LogP contribution in [0.25, 0.3) is 5.78 Å². The van der Waals surface area contributed by atoms with Crippen LogP contribution in [0.1, 0.15) is 60.5 Å². The van der Waals surface area contributed by atoms with Gasteiger partial charge in [-0.05, 0) is 72.1 Å². The van der Waals surface area contributed by atoms with Crippen molar-refractivity contribution in [1.82, 2.24) is 30.2 Å². The molecule has 0 fully saturated rings. The Morgan fingerprint density at radius 3 is 2.67 bits per heavy atom. The average molecular weight is 599 g/mol. The summed E-state index contributed by atoms with van der Waals surface area (Å²) in [5, 5.41) is 24.4. The Labute approximate surface area is 246 Å². The Hall–Kier alpha value is -5.70. The highest BCUT2D eigenvalue weighted by Gasteiger charge is 2.27. The molecule has 216 valence electrons. The zero-order chi connectivity index (χ0) is 30.4. The molecule has 15 heteroatoms. The van der Waals surface area contributed by atoms with Crippen LogP contribution in [-0.2, 0) is 13.0 Å². The minimum Gasteiger partial charge on any atom is -0.478 e. The third kappa shape index (κ3) is 5.01. The van der Waals surface area contributed by atoms with Crippen molar-refractivity contribution in [2.45, 2.75) is 25.4 Å². The number of nitrogen functional groups attached to an aromatic ring is 1. The van der Waals surface area contributed by atoms with Gasteiger partial charge in [0.2, 0.25) is 4.77 Å². The van der Waals surface area contributed by atoms with Crippen LogP contribution in [0.15, 0.2) is 58.1 Å². The second-order valence-corrected chi connectivity index (χ2v) is 10.3. The van der Waals surface area contributed by atoms with Gasteiger partial charge in [-0.15, -0.1) is 5.10 Å². The van der Waals surface area contributed by atoms with Crippen LogP contribution < -0.4 is 32.5 Å². The van der Waals surface area contributed by atoms with Gasteiger partial charge in [0.15, 0.2) is 0 Å². The van der Waals surface area contributed by atoms with Gasteiger partial charge in [0, 0.05) is 12.2 Å². The number of carboxylic acid groups (broad SMARTS) is 1.